The van der Waals surface area contributed by atoms with Gasteiger partial charge in [-0.1, -0.05) is 0 Å². The van der Waals surface area contributed by atoms with Crippen molar-refractivity contribution in [3.63, 3.8) is 0 Å². The maximum absolute atomic E-state index is 11.4. The van der Waals surface area contributed by atoms with Gasteiger partial charge in [0.15, 0.2) is 5.75 Å². The van der Waals surface area contributed by atoms with Crippen molar-refractivity contribution in [1.82, 2.24) is 10.2 Å². The molecule has 1 aromatic rings. The Hall–Kier alpha value is -1.33. The van der Waals surface area contributed by atoms with E-state index in [0.717, 1.165) is 19.4 Å². The van der Waals surface area contributed by atoms with Gasteiger partial charge in [-0.25, -0.2) is 0 Å². The van der Waals surface area contributed by atoms with Crippen molar-refractivity contribution in [1.29, 1.82) is 0 Å². The number of aromatic hydroxyl groups is 1. The fraction of sp³-hybridized carbons (Fsp3) is 0.643. The van der Waals surface area contributed by atoms with Crippen LogP contribution in [0.25, 0.3) is 0 Å². The van der Waals surface area contributed by atoms with Crippen molar-refractivity contribution in [2.45, 2.75) is 45.3 Å². The average molecular weight is 266 g/mol. The van der Waals surface area contributed by atoms with Crippen LogP contribution in [0.4, 0.5) is 0 Å². The Bertz CT molecular complexity index is 464. The normalized spacial score (nSPS) is 19.5. The molecule has 1 aromatic heterocycles. The monoisotopic (exact) mass is 266 g/mol. The van der Waals surface area contributed by atoms with Crippen LogP contribution in [0.5, 0.6) is 5.75 Å². The van der Waals surface area contributed by atoms with Gasteiger partial charge in [-0.15, -0.1) is 0 Å². The van der Waals surface area contributed by atoms with Gasteiger partial charge >= 0.3 is 0 Å². The van der Waals surface area contributed by atoms with Gasteiger partial charge in [0, 0.05) is 24.7 Å². The number of hydrogen-bond acceptors (Lipinski definition) is 5. The Morgan fingerprint density at radius 1 is 1.58 bits per heavy atom. The van der Waals surface area contributed by atoms with Crippen LogP contribution in [0.15, 0.2) is 21.5 Å². The highest BCUT2D eigenvalue weighted by Crippen LogP contribution is 2.13. The van der Waals surface area contributed by atoms with Gasteiger partial charge in [-0.2, -0.15) is 0 Å². The molecule has 2 heterocycles. The molecule has 1 fully saturated rings. The first-order chi connectivity index (χ1) is 9.06. The zero-order valence-corrected chi connectivity index (χ0v) is 11.6. The Morgan fingerprint density at radius 3 is 2.95 bits per heavy atom. The first-order valence-electron chi connectivity index (χ1n) is 6.84. The minimum absolute atomic E-state index is 0.336. The predicted octanol–water partition coefficient (Wildman–Crippen LogP) is 1.31. The van der Waals surface area contributed by atoms with E-state index >= 15 is 0 Å². The maximum atomic E-state index is 11.4. The molecule has 0 spiro atoms. The van der Waals surface area contributed by atoms with E-state index in [1.165, 1.54) is 18.9 Å². The van der Waals surface area contributed by atoms with Crippen molar-refractivity contribution in [2.24, 2.45) is 0 Å². The molecule has 2 rings (SSSR count). The molecule has 19 heavy (non-hydrogen) atoms. The summed E-state index contributed by atoms with van der Waals surface area (Å²) < 4.78 is 5.27. The lowest BCUT2D eigenvalue weighted by Crippen LogP contribution is -2.40. The second kappa shape index (κ2) is 6.21. The van der Waals surface area contributed by atoms with Crippen LogP contribution >= 0.6 is 0 Å². The number of nitrogens with zero attached hydrogens (tertiary/aromatic N) is 1. The number of nitrogens with one attached hydrogen (secondary N) is 1. The molecule has 1 saturated heterocycles. The molecule has 5 nitrogen and oxygen atoms in total. The largest absolute Gasteiger partial charge is 0.502 e. The van der Waals surface area contributed by atoms with E-state index < -0.39 is 0 Å². The Kier molecular flexibility index (Phi) is 4.61. The van der Waals surface area contributed by atoms with E-state index in [9.17, 15) is 9.90 Å². The van der Waals surface area contributed by atoms with E-state index in [0.29, 0.717) is 24.4 Å². The summed E-state index contributed by atoms with van der Waals surface area (Å²) in [6, 6.07) is 2.26. The lowest BCUT2D eigenvalue weighted by Gasteiger charge is -2.28. The van der Waals surface area contributed by atoms with Gasteiger partial charge in [0.1, 0.15) is 12.0 Å². The zero-order valence-electron chi connectivity index (χ0n) is 11.6. The van der Waals surface area contributed by atoms with E-state index in [-0.39, 0.29) is 11.2 Å². The lowest BCUT2D eigenvalue weighted by atomic mass is 10.2. The van der Waals surface area contributed by atoms with Gasteiger partial charge in [0.05, 0.1) is 6.54 Å². The summed E-state index contributed by atoms with van der Waals surface area (Å²) in [7, 11) is 0. The molecule has 0 aliphatic carbocycles. The smallest absolute Gasteiger partial charge is 0.226 e. The fourth-order valence-electron chi connectivity index (χ4n) is 2.38. The molecule has 0 amide bonds. The third-order valence-electron chi connectivity index (χ3n) is 3.57. The van der Waals surface area contributed by atoms with Crippen molar-refractivity contribution in [3.05, 3.63) is 28.3 Å². The fourth-order valence-corrected chi connectivity index (χ4v) is 2.38. The van der Waals surface area contributed by atoms with Gasteiger partial charge in [-0.3, -0.25) is 9.69 Å². The van der Waals surface area contributed by atoms with E-state index in [1.54, 1.807) is 0 Å². The van der Waals surface area contributed by atoms with Crippen LogP contribution in [-0.2, 0) is 6.54 Å². The summed E-state index contributed by atoms with van der Waals surface area (Å²) in [5.41, 5.74) is -0.385. The molecule has 0 aromatic carbocycles. The quantitative estimate of drug-likeness (QED) is 0.841. The van der Waals surface area contributed by atoms with Crippen LogP contribution in [-0.4, -0.2) is 35.2 Å². The molecule has 5 heteroatoms. The van der Waals surface area contributed by atoms with E-state index in [2.05, 4.69) is 24.1 Å². The first-order valence-corrected chi connectivity index (χ1v) is 6.84. The van der Waals surface area contributed by atoms with Crippen molar-refractivity contribution < 1.29 is 9.52 Å². The topological polar surface area (TPSA) is 65.7 Å². The third-order valence-corrected chi connectivity index (χ3v) is 3.57. The molecule has 0 bridgehead atoms. The Morgan fingerprint density at radius 2 is 2.37 bits per heavy atom. The highest BCUT2D eigenvalue weighted by atomic mass is 16.4. The second-order valence-electron chi connectivity index (χ2n) is 5.41. The summed E-state index contributed by atoms with van der Waals surface area (Å²) in [6.07, 6.45) is 3.54. The summed E-state index contributed by atoms with van der Waals surface area (Å²) >= 11 is 0. The molecule has 2 N–H and O–H groups in total. The minimum atomic E-state index is -0.385. The maximum Gasteiger partial charge on any atom is 0.226 e. The molecule has 106 valence electrons. The third kappa shape index (κ3) is 3.81. The molecule has 1 atom stereocenters. The predicted molar refractivity (Wildman–Crippen MR) is 73.2 cm³/mol. The van der Waals surface area contributed by atoms with Gasteiger partial charge in [0.2, 0.25) is 5.43 Å². The van der Waals surface area contributed by atoms with Gasteiger partial charge < -0.3 is 14.8 Å². The zero-order chi connectivity index (χ0) is 13.8. The molecule has 0 saturated carbocycles. The van der Waals surface area contributed by atoms with Crippen LogP contribution in [0.3, 0.4) is 0 Å². The van der Waals surface area contributed by atoms with Crippen molar-refractivity contribution in [2.75, 3.05) is 13.1 Å². The summed E-state index contributed by atoms with van der Waals surface area (Å²) in [6.45, 7) is 6.89. The lowest BCUT2D eigenvalue weighted by molar-refractivity contribution is 0.178. The summed E-state index contributed by atoms with van der Waals surface area (Å²) in [5, 5.41) is 12.7. The average Bonchev–Trinajstić information content (AvgIpc) is 2.86. The highest BCUT2D eigenvalue weighted by molar-refractivity contribution is 5.15. The first kappa shape index (κ1) is 14.1. The Balaban J connectivity index is 2.02. The van der Waals surface area contributed by atoms with Gasteiger partial charge in [0.25, 0.3) is 0 Å². The highest BCUT2D eigenvalue weighted by Gasteiger charge is 2.20. The molecule has 1 aliphatic rings. The molecule has 0 radical (unpaired) electrons. The second-order valence-corrected chi connectivity index (χ2v) is 5.41. The van der Waals surface area contributed by atoms with Crippen LogP contribution in [0.1, 0.15) is 32.4 Å². The summed E-state index contributed by atoms with van der Waals surface area (Å²) in [5.74, 6) is 0.256. The van der Waals surface area contributed by atoms with Gasteiger partial charge in [-0.05, 0) is 33.2 Å². The van der Waals surface area contributed by atoms with Crippen molar-refractivity contribution >= 4 is 0 Å². The SMILES string of the molecule is CC(C)N(Cc1cc(=O)c(O)co1)CC1CCCN1. The number of hydrogen-bond donors (Lipinski definition) is 2. The van der Waals surface area contributed by atoms with Crippen LogP contribution < -0.4 is 10.7 Å². The minimum Gasteiger partial charge on any atom is -0.502 e. The summed E-state index contributed by atoms with van der Waals surface area (Å²) in [4.78, 5) is 13.7. The molecule has 1 aliphatic heterocycles. The standard InChI is InChI=1S/C14H22N2O3/c1-10(2)16(7-11-4-3-5-15-11)8-12-6-13(17)14(18)9-19-12/h6,9-11,15,18H,3-5,7-8H2,1-2H3. The Labute approximate surface area is 113 Å². The molecular weight excluding hydrogens is 244 g/mol. The van der Waals surface area contributed by atoms with Crippen LogP contribution in [0, 0.1) is 0 Å². The molecule has 1 unspecified atom stereocenters. The van der Waals surface area contributed by atoms with Crippen LogP contribution in [0.2, 0.25) is 0 Å². The number of rotatable bonds is 5. The van der Waals surface area contributed by atoms with E-state index in [4.69, 9.17) is 4.42 Å². The van der Waals surface area contributed by atoms with Crippen molar-refractivity contribution in [3.8, 4) is 5.75 Å². The van der Waals surface area contributed by atoms with E-state index in [1.807, 2.05) is 0 Å². The molecular formula is C14H22N2O3.